The van der Waals surface area contributed by atoms with Gasteiger partial charge >= 0.3 is 14.3 Å². The quantitative estimate of drug-likeness (QED) is 0.653. The van der Waals surface area contributed by atoms with Crippen LogP contribution in [-0.4, -0.2) is 34.3 Å². The van der Waals surface area contributed by atoms with Gasteiger partial charge in [-0.05, 0) is 18.9 Å². The van der Waals surface area contributed by atoms with Crippen LogP contribution in [0.3, 0.4) is 0 Å². The Hall–Kier alpha value is -2.03. The van der Waals surface area contributed by atoms with E-state index in [1.54, 1.807) is 7.11 Å². The van der Waals surface area contributed by atoms with Gasteiger partial charge in [-0.15, -0.1) is 0 Å². The topological polar surface area (TPSA) is 112 Å². The van der Waals surface area contributed by atoms with Crippen molar-refractivity contribution in [1.29, 1.82) is 0 Å². The van der Waals surface area contributed by atoms with Crippen molar-refractivity contribution in [1.82, 2.24) is 9.55 Å². The van der Waals surface area contributed by atoms with Crippen LogP contribution in [0.4, 0.5) is 0 Å². The number of aromatic amines is 1. The summed E-state index contributed by atoms with van der Waals surface area (Å²) in [5.74, 6) is 0.675. The molecule has 146 valence electrons. The number of benzene rings is 1. The van der Waals surface area contributed by atoms with Crippen molar-refractivity contribution in [3.63, 3.8) is 0 Å². The van der Waals surface area contributed by atoms with Crippen molar-refractivity contribution in [2.45, 2.75) is 31.8 Å². The fraction of sp³-hybridized carbons (Fsp3) is 0.412. The number of hydrogen-bond acceptors (Lipinski definition) is 7. The standard InChI is InChI=1S/C17H21N2O7P/c1-23-14-5-3-2-4-12(14)10-24-27(22)25-11-13-6-7-16(26-13)19-9-8-15(20)18-17(19)21/h2-5,8-9,13,16,22H,6-7,10-11H2,1H3,(H,18,20,21). The van der Waals surface area contributed by atoms with Crippen LogP contribution in [-0.2, 0) is 20.4 Å². The highest BCUT2D eigenvalue weighted by Crippen LogP contribution is 2.37. The van der Waals surface area contributed by atoms with Crippen LogP contribution < -0.4 is 16.0 Å². The summed E-state index contributed by atoms with van der Waals surface area (Å²) in [6.45, 7) is 0.301. The molecule has 0 bridgehead atoms. The molecule has 1 fully saturated rings. The SMILES string of the molecule is COc1ccccc1COP(O)OCC1CCC(n2ccc(=O)[nH]c2=O)O1. The molecule has 0 spiro atoms. The van der Waals surface area contributed by atoms with E-state index in [1.165, 1.54) is 16.8 Å². The molecule has 0 radical (unpaired) electrons. The fourth-order valence-corrected chi connectivity index (χ4v) is 3.42. The largest absolute Gasteiger partial charge is 0.496 e. The summed E-state index contributed by atoms with van der Waals surface area (Å²) in [7, 11) is -0.500. The minimum Gasteiger partial charge on any atom is -0.496 e. The minimum atomic E-state index is -2.07. The van der Waals surface area contributed by atoms with E-state index in [0.29, 0.717) is 18.6 Å². The molecule has 0 aliphatic carbocycles. The first-order valence-corrected chi connectivity index (χ1v) is 9.53. The van der Waals surface area contributed by atoms with Crippen LogP contribution in [0.5, 0.6) is 5.75 Å². The summed E-state index contributed by atoms with van der Waals surface area (Å²) >= 11 is 0. The first kappa shape index (κ1) is 19.7. The zero-order chi connectivity index (χ0) is 19.2. The fourth-order valence-electron chi connectivity index (χ4n) is 2.80. The average molecular weight is 396 g/mol. The summed E-state index contributed by atoms with van der Waals surface area (Å²) in [6.07, 6.45) is 1.92. The maximum atomic E-state index is 11.8. The second kappa shape index (κ2) is 9.25. The average Bonchev–Trinajstić information content (AvgIpc) is 3.13. The maximum absolute atomic E-state index is 11.8. The van der Waals surface area contributed by atoms with Crippen molar-refractivity contribution >= 4 is 8.60 Å². The van der Waals surface area contributed by atoms with Crippen LogP contribution in [0.25, 0.3) is 0 Å². The van der Waals surface area contributed by atoms with Gasteiger partial charge in [-0.1, -0.05) is 18.2 Å². The van der Waals surface area contributed by atoms with Crippen molar-refractivity contribution in [2.75, 3.05) is 13.7 Å². The number of rotatable bonds is 8. The van der Waals surface area contributed by atoms with Crippen molar-refractivity contribution in [2.24, 2.45) is 0 Å². The van der Waals surface area contributed by atoms with Gasteiger partial charge in [0.25, 0.3) is 5.56 Å². The van der Waals surface area contributed by atoms with Crippen LogP contribution >= 0.6 is 8.60 Å². The normalized spacial score (nSPS) is 20.5. The Kier molecular flexibility index (Phi) is 6.76. The molecule has 1 aromatic heterocycles. The van der Waals surface area contributed by atoms with E-state index >= 15 is 0 Å². The van der Waals surface area contributed by atoms with E-state index in [4.69, 9.17) is 18.5 Å². The number of nitrogens with one attached hydrogen (secondary N) is 1. The molecule has 3 atom stereocenters. The maximum Gasteiger partial charge on any atom is 0.330 e. The lowest BCUT2D eigenvalue weighted by atomic mass is 10.2. The molecule has 1 aromatic carbocycles. The second-order valence-electron chi connectivity index (χ2n) is 5.93. The lowest BCUT2D eigenvalue weighted by Crippen LogP contribution is -2.31. The predicted octanol–water partition coefficient (Wildman–Crippen LogP) is 1.68. The van der Waals surface area contributed by atoms with Gasteiger partial charge in [-0.2, -0.15) is 0 Å². The van der Waals surface area contributed by atoms with E-state index in [1.807, 2.05) is 24.3 Å². The lowest BCUT2D eigenvalue weighted by Gasteiger charge is -2.17. The number of hydrogen-bond donors (Lipinski definition) is 2. The smallest absolute Gasteiger partial charge is 0.330 e. The minimum absolute atomic E-state index is 0.142. The molecule has 2 aromatic rings. The summed E-state index contributed by atoms with van der Waals surface area (Å²) in [4.78, 5) is 35.0. The third-order valence-corrected chi connectivity index (χ3v) is 4.86. The first-order valence-electron chi connectivity index (χ1n) is 8.40. The van der Waals surface area contributed by atoms with Crippen molar-refractivity contribution in [3.05, 3.63) is 62.9 Å². The summed E-state index contributed by atoms with van der Waals surface area (Å²) in [5, 5.41) is 0. The van der Waals surface area contributed by atoms with Gasteiger partial charge in [0, 0.05) is 17.8 Å². The van der Waals surface area contributed by atoms with Crippen LogP contribution in [0.15, 0.2) is 46.1 Å². The third kappa shape index (κ3) is 5.24. The molecule has 27 heavy (non-hydrogen) atoms. The number of ether oxygens (including phenoxy) is 2. The van der Waals surface area contributed by atoms with Crippen LogP contribution in [0.2, 0.25) is 0 Å². The Balaban J connectivity index is 1.45. The van der Waals surface area contributed by atoms with E-state index in [2.05, 4.69) is 4.98 Å². The molecule has 10 heteroatoms. The monoisotopic (exact) mass is 396 g/mol. The Morgan fingerprint density at radius 1 is 1.26 bits per heavy atom. The van der Waals surface area contributed by atoms with E-state index < -0.39 is 26.1 Å². The van der Waals surface area contributed by atoms with Gasteiger partial charge in [-0.25, -0.2) is 4.79 Å². The summed E-state index contributed by atoms with van der Waals surface area (Å²) in [6, 6.07) is 8.63. The van der Waals surface area contributed by atoms with Crippen LogP contribution in [0.1, 0.15) is 24.6 Å². The van der Waals surface area contributed by atoms with Crippen LogP contribution in [0, 0.1) is 0 Å². The highest BCUT2D eigenvalue weighted by Gasteiger charge is 2.28. The third-order valence-electron chi connectivity index (χ3n) is 4.14. The number of para-hydroxylation sites is 1. The predicted molar refractivity (Wildman–Crippen MR) is 97.3 cm³/mol. The molecule has 2 N–H and O–H groups in total. The van der Waals surface area contributed by atoms with Gasteiger partial charge in [-0.3, -0.25) is 14.3 Å². The molecule has 2 heterocycles. The first-order chi connectivity index (χ1) is 13.1. The zero-order valence-electron chi connectivity index (χ0n) is 14.7. The lowest BCUT2D eigenvalue weighted by molar-refractivity contribution is -0.0228. The number of H-pyrrole nitrogens is 1. The number of aromatic nitrogens is 2. The Morgan fingerprint density at radius 3 is 2.85 bits per heavy atom. The highest BCUT2D eigenvalue weighted by molar-refractivity contribution is 7.40. The van der Waals surface area contributed by atoms with E-state index in [-0.39, 0.29) is 19.3 Å². The molecule has 0 amide bonds. The second-order valence-corrected chi connectivity index (χ2v) is 6.92. The van der Waals surface area contributed by atoms with Gasteiger partial charge in [0.05, 0.1) is 26.4 Å². The Labute approximate surface area is 156 Å². The molecular formula is C17H21N2O7P. The van der Waals surface area contributed by atoms with Gasteiger partial charge in [0.2, 0.25) is 0 Å². The van der Waals surface area contributed by atoms with Gasteiger partial charge < -0.3 is 23.4 Å². The molecule has 1 aliphatic heterocycles. The van der Waals surface area contributed by atoms with Gasteiger partial charge in [0.15, 0.2) is 0 Å². The molecule has 3 rings (SSSR count). The zero-order valence-corrected chi connectivity index (χ0v) is 15.6. The van der Waals surface area contributed by atoms with Crippen molar-refractivity contribution < 1.29 is 23.4 Å². The molecule has 0 saturated carbocycles. The summed E-state index contributed by atoms with van der Waals surface area (Å²) < 4.78 is 23.0. The number of nitrogens with zero attached hydrogens (tertiary/aromatic N) is 1. The summed E-state index contributed by atoms with van der Waals surface area (Å²) in [5.41, 5.74) is -0.161. The van der Waals surface area contributed by atoms with Crippen molar-refractivity contribution in [3.8, 4) is 5.75 Å². The highest BCUT2D eigenvalue weighted by atomic mass is 31.2. The molecule has 3 unspecified atom stereocenters. The van der Waals surface area contributed by atoms with E-state index in [0.717, 1.165) is 5.56 Å². The van der Waals surface area contributed by atoms with E-state index in [9.17, 15) is 14.5 Å². The Bertz CT molecular complexity index is 869. The number of methoxy groups -OCH3 is 1. The molecule has 9 nitrogen and oxygen atoms in total. The molecule has 1 saturated heterocycles. The molecule has 1 aliphatic rings. The Morgan fingerprint density at radius 2 is 2.07 bits per heavy atom. The molecular weight excluding hydrogens is 375 g/mol. The van der Waals surface area contributed by atoms with Gasteiger partial charge in [0.1, 0.15) is 12.0 Å².